The number of benzene rings is 2. The van der Waals surface area contributed by atoms with Gasteiger partial charge in [-0.3, -0.25) is 10.1 Å². The van der Waals surface area contributed by atoms with Crippen molar-refractivity contribution < 1.29 is 9.31 Å². The number of nitrogens with one attached hydrogen (secondary N) is 1. The predicted molar refractivity (Wildman–Crippen MR) is 80.5 cm³/mol. The zero-order chi connectivity index (χ0) is 15.4. The van der Waals surface area contributed by atoms with E-state index in [9.17, 15) is 14.5 Å². The number of nitrogen functional groups attached to an aromatic ring is 2. The molecule has 110 valence electrons. The maximum atomic E-state index is 13.2. The predicted octanol–water partition coefficient (Wildman–Crippen LogP) is 2.55. The Labute approximate surface area is 120 Å². The Kier molecular flexibility index (Phi) is 4.22. The van der Waals surface area contributed by atoms with Crippen LogP contribution in [0, 0.1) is 15.9 Å². The number of nitrogens with zero attached hydrogens (tertiary/aromatic N) is 1. The number of hydrogen-bond donors (Lipinski definition) is 3. The Bertz CT molecular complexity index is 676. The molecule has 5 N–H and O–H groups in total. The van der Waals surface area contributed by atoms with Crippen molar-refractivity contribution in [2.75, 3.05) is 23.3 Å². The van der Waals surface area contributed by atoms with E-state index >= 15 is 0 Å². The molecule has 2 rings (SSSR count). The molecule has 0 aliphatic carbocycles. The van der Waals surface area contributed by atoms with Crippen LogP contribution in [0.25, 0.3) is 0 Å². The van der Waals surface area contributed by atoms with Crippen molar-refractivity contribution in [1.82, 2.24) is 0 Å². The van der Waals surface area contributed by atoms with Gasteiger partial charge < -0.3 is 16.8 Å². The molecule has 0 aliphatic heterocycles. The molecule has 0 spiro atoms. The quantitative estimate of drug-likeness (QED) is 0.445. The highest BCUT2D eigenvalue weighted by Crippen LogP contribution is 2.25. The summed E-state index contributed by atoms with van der Waals surface area (Å²) < 4.78 is 13.2. The van der Waals surface area contributed by atoms with E-state index in [-0.39, 0.29) is 11.4 Å². The first-order chi connectivity index (χ1) is 9.97. The molecule has 0 bridgehead atoms. The smallest absolute Gasteiger partial charge is 0.292 e. The second-order valence-electron chi connectivity index (χ2n) is 4.55. The summed E-state index contributed by atoms with van der Waals surface area (Å²) in [5, 5.41) is 13.7. The zero-order valence-corrected chi connectivity index (χ0v) is 11.2. The van der Waals surface area contributed by atoms with Crippen LogP contribution in [-0.4, -0.2) is 11.5 Å². The van der Waals surface area contributed by atoms with Gasteiger partial charge >= 0.3 is 0 Å². The maximum absolute atomic E-state index is 13.2. The molecule has 0 radical (unpaired) electrons. The average molecular weight is 290 g/mol. The van der Waals surface area contributed by atoms with Gasteiger partial charge in [0.2, 0.25) is 0 Å². The monoisotopic (exact) mass is 290 g/mol. The molecule has 7 heteroatoms. The van der Waals surface area contributed by atoms with Crippen LogP contribution in [0.2, 0.25) is 0 Å². The van der Waals surface area contributed by atoms with Gasteiger partial charge in [-0.2, -0.15) is 0 Å². The van der Waals surface area contributed by atoms with E-state index in [0.717, 1.165) is 23.8 Å². The number of hydrogen-bond acceptors (Lipinski definition) is 5. The molecule has 0 aromatic heterocycles. The highest BCUT2D eigenvalue weighted by molar-refractivity contribution is 5.62. The highest BCUT2D eigenvalue weighted by Gasteiger charge is 2.14. The van der Waals surface area contributed by atoms with Gasteiger partial charge in [0, 0.05) is 30.1 Å². The molecule has 0 atom stereocenters. The molecule has 0 saturated heterocycles. The summed E-state index contributed by atoms with van der Waals surface area (Å²) in [6.07, 6.45) is 0.518. The van der Waals surface area contributed by atoms with E-state index in [1.54, 1.807) is 18.2 Å². The molecule has 21 heavy (non-hydrogen) atoms. The van der Waals surface area contributed by atoms with Crippen molar-refractivity contribution in [3.8, 4) is 0 Å². The van der Waals surface area contributed by atoms with Crippen molar-refractivity contribution in [3.05, 3.63) is 57.9 Å². The van der Waals surface area contributed by atoms with Gasteiger partial charge in [0.05, 0.1) is 4.92 Å². The van der Waals surface area contributed by atoms with E-state index in [1.807, 2.05) is 0 Å². The average Bonchev–Trinajstić information content (AvgIpc) is 2.42. The number of anilines is 3. The Morgan fingerprint density at radius 3 is 2.67 bits per heavy atom. The summed E-state index contributed by atoms with van der Waals surface area (Å²) in [6.45, 7) is 0.373. The Morgan fingerprint density at radius 1 is 1.19 bits per heavy atom. The molecule has 0 aliphatic rings. The lowest BCUT2D eigenvalue weighted by Gasteiger charge is -2.09. The molecule has 0 saturated carbocycles. The molecule has 0 unspecified atom stereocenters. The normalized spacial score (nSPS) is 10.3. The third-order valence-electron chi connectivity index (χ3n) is 3.03. The van der Waals surface area contributed by atoms with Gasteiger partial charge in [-0.05, 0) is 36.2 Å². The van der Waals surface area contributed by atoms with Crippen molar-refractivity contribution >= 4 is 22.7 Å². The maximum Gasteiger partial charge on any atom is 0.292 e. The fourth-order valence-electron chi connectivity index (χ4n) is 1.98. The van der Waals surface area contributed by atoms with Crippen molar-refractivity contribution in [2.24, 2.45) is 0 Å². The van der Waals surface area contributed by atoms with Crippen LogP contribution in [-0.2, 0) is 6.42 Å². The Morgan fingerprint density at radius 2 is 1.95 bits per heavy atom. The summed E-state index contributed by atoms with van der Waals surface area (Å²) in [6, 6.07) is 8.43. The highest BCUT2D eigenvalue weighted by atomic mass is 19.1. The van der Waals surface area contributed by atoms with Crippen molar-refractivity contribution in [2.45, 2.75) is 6.42 Å². The first-order valence-corrected chi connectivity index (χ1v) is 6.29. The summed E-state index contributed by atoms with van der Waals surface area (Å²) in [7, 11) is 0. The first-order valence-electron chi connectivity index (χ1n) is 6.29. The van der Waals surface area contributed by atoms with Crippen LogP contribution >= 0.6 is 0 Å². The van der Waals surface area contributed by atoms with Crippen molar-refractivity contribution in [1.29, 1.82) is 0 Å². The van der Waals surface area contributed by atoms with Gasteiger partial charge in [0.15, 0.2) is 0 Å². The van der Waals surface area contributed by atoms with Gasteiger partial charge in [-0.1, -0.05) is 0 Å². The second-order valence-corrected chi connectivity index (χ2v) is 4.55. The minimum absolute atomic E-state index is 0.141. The van der Waals surface area contributed by atoms with Crippen molar-refractivity contribution in [3.63, 3.8) is 0 Å². The molecule has 0 fully saturated rings. The summed E-state index contributed by atoms with van der Waals surface area (Å²) in [4.78, 5) is 10.3. The molecule has 2 aromatic rings. The lowest BCUT2D eigenvalue weighted by Crippen LogP contribution is -2.09. The standard InChI is InChI=1S/C14H15FN4O2/c15-10-1-4-14(19(20)21)13(8-10)18-6-5-9-7-11(16)2-3-12(9)17/h1-4,7-8,18H,5-6,16-17H2. The van der Waals surface area contributed by atoms with Crippen LogP contribution in [0.3, 0.4) is 0 Å². The largest absolute Gasteiger partial charge is 0.399 e. The van der Waals surface area contributed by atoms with Crippen LogP contribution < -0.4 is 16.8 Å². The van der Waals surface area contributed by atoms with E-state index in [4.69, 9.17) is 11.5 Å². The zero-order valence-electron chi connectivity index (χ0n) is 11.2. The van der Waals surface area contributed by atoms with Crippen LogP contribution in [0.4, 0.5) is 27.1 Å². The van der Waals surface area contributed by atoms with Gasteiger partial charge in [0.1, 0.15) is 11.5 Å². The summed E-state index contributed by atoms with van der Waals surface area (Å²) in [5.74, 6) is -0.536. The lowest BCUT2D eigenvalue weighted by atomic mass is 10.1. The molecule has 2 aromatic carbocycles. The molecule has 0 heterocycles. The molecular formula is C14H15FN4O2. The number of nitro groups is 1. The Hall–Kier alpha value is -2.83. The summed E-state index contributed by atoms with van der Waals surface area (Å²) in [5.41, 5.74) is 13.5. The third kappa shape index (κ3) is 3.59. The fraction of sp³-hybridized carbons (Fsp3) is 0.143. The Balaban J connectivity index is 2.08. The van der Waals surface area contributed by atoms with E-state index < -0.39 is 10.7 Å². The lowest BCUT2D eigenvalue weighted by molar-refractivity contribution is -0.384. The third-order valence-corrected chi connectivity index (χ3v) is 3.03. The number of nitrogens with two attached hydrogens (primary N) is 2. The van der Waals surface area contributed by atoms with E-state index in [0.29, 0.717) is 24.3 Å². The summed E-state index contributed by atoms with van der Waals surface area (Å²) >= 11 is 0. The topological polar surface area (TPSA) is 107 Å². The first kappa shape index (κ1) is 14.6. The van der Waals surface area contributed by atoms with Gasteiger partial charge in [-0.25, -0.2) is 4.39 Å². The SMILES string of the molecule is Nc1ccc(N)c(CCNc2cc(F)ccc2[N+](=O)[O-])c1. The minimum Gasteiger partial charge on any atom is -0.399 e. The molecular weight excluding hydrogens is 275 g/mol. The fourth-order valence-corrected chi connectivity index (χ4v) is 1.98. The number of rotatable bonds is 5. The van der Waals surface area contributed by atoms with Crippen LogP contribution in [0.5, 0.6) is 0 Å². The van der Waals surface area contributed by atoms with Gasteiger partial charge in [-0.15, -0.1) is 0 Å². The number of halogens is 1. The van der Waals surface area contributed by atoms with Crippen LogP contribution in [0.15, 0.2) is 36.4 Å². The van der Waals surface area contributed by atoms with E-state index in [1.165, 1.54) is 0 Å². The second kappa shape index (κ2) is 6.08. The van der Waals surface area contributed by atoms with Crippen LogP contribution in [0.1, 0.15) is 5.56 Å². The molecule has 0 amide bonds. The minimum atomic E-state index is -0.559. The van der Waals surface area contributed by atoms with E-state index in [2.05, 4.69) is 5.32 Å². The van der Waals surface area contributed by atoms with Gasteiger partial charge in [0.25, 0.3) is 5.69 Å². The number of nitro benzene ring substituents is 1. The molecule has 6 nitrogen and oxygen atoms in total.